The number of thioether (sulfide) groups is 1. The number of hydrogen-bond acceptors (Lipinski definition) is 6. The van der Waals surface area contributed by atoms with E-state index in [1.165, 1.54) is 23.1 Å². The summed E-state index contributed by atoms with van der Waals surface area (Å²) in [6.45, 7) is 0. The monoisotopic (exact) mass is 394 g/mol. The molecule has 8 heteroatoms. The molecule has 134 valence electrons. The molecule has 0 aliphatic carbocycles. The van der Waals surface area contributed by atoms with E-state index in [1.807, 2.05) is 12.1 Å². The Hall–Kier alpha value is -3.15. The smallest absolute Gasteiger partial charge is 0.258 e. The zero-order valence-corrected chi connectivity index (χ0v) is 15.6. The quantitative estimate of drug-likeness (QED) is 0.616. The van der Waals surface area contributed by atoms with E-state index in [0.29, 0.717) is 26.8 Å². The highest BCUT2D eigenvalue weighted by atomic mass is 32.2. The van der Waals surface area contributed by atoms with Crippen LogP contribution in [0.3, 0.4) is 0 Å². The number of nitrogens with one attached hydrogen (secondary N) is 2. The van der Waals surface area contributed by atoms with Crippen LogP contribution >= 0.6 is 23.1 Å². The lowest BCUT2D eigenvalue weighted by Crippen LogP contribution is -2.15. The Morgan fingerprint density at radius 1 is 1.15 bits per heavy atom. The maximum Gasteiger partial charge on any atom is 0.258 e. The van der Waals surface area contributed by atoms with Crippen molar-refractivity contribution in [1.82, 2.24) is 4.98 Å². The molecular weight excluding hydrogens is 380 g/mol. The molecule has 3 aromatic rings. The zero-order chi connectivity index (χ0) is 19.1. The van der Waals surface area contributed by atoms with Crippen molar-refractivity contribution in [1.29, 1.82) is 5.26 Å². The predicted octanol–water partition coefficient (Wildman–Crippen LogP) is 4.00. The van der Waals surface area contributed by atoms with Gasteiger partial charge in [-0.1, -0.05) is 18.2 Å². The van der Waals surface area contributed by atoms with Crippen LogP contribution < -0.4 is 10.6 Å². The summed E-state index contributed by atoms with van der Waals surface area (Å²) in [5.41, 5.74) is 1.52. The number of anilines is 2. The minimum absolute atomic E-state index is 0.137. The molecule has 1 heterocycles. The number of amides is 2. The second kappa shape index (κ2) is 8.98. The van der Waals surface area contributed by atoms with Gasteiger partial charge < -0.3 is 5.32 Å². The van der Waals surface area contributed by atoms with Crippen molar-refractivity contribution < 1.29 is 9.59 Å². The first-order valence-corrected chi connectivity index (χ1v) is 9.75. The summed E-state index contributed by atoms with van der Waals surface area (Å²) in [5, 5.41) is 16.7. The molecule has 2 aromatic carbocycles. The average Bonchev–Trinajstić information content (AvgIpc) is 3.19. The molecule has 0 atom stereocenters. The Morgan fingerprint density at radius 3 is 2.78 bits per heavy atom. The van der Waals surface area contributed by atoms with Crippen molar-refractivity contribution >= 4 is 45.7 Å². The standard InChI is InChI=1S/C19H14N4O2S2/c20-11-13-4-3-5-14(10-13)22-17(24)12-27-16-7-2-1-6-15(16)18(25)23-19-21-8-9-26-19/h1-10H,12H2,(H,22,24)(H,21,23,25). The van der Waals surface area contributed by atoms with Gasteiger partial charge in [-0.3, -0.25) is 14.9 Å². The lowest BCUT2D eigenvalue weighted by molar-refractivity contribution is -0.113. The van der Waals surface area contributed by atoms with Gasteiger partial charge in [-0.2, -0.15) is 5.26 Å². The molecule has 2 N–H and O–H groups in total. The number of nitrogens with zero attached hydrogens (tertiary/aromatic N) is 2. The van der Waals surface area contributed by atoms with Crippen LogP contribution in [0.2, 0.25) is 0 Å². The number of hydrogen-bond donors (Lipinski definition) is 2. The summed E-state index contributed by atoms with van der Waals surface area (Å²) in [6.07, 6.45) is 1.62. The van der Waals surface area contributed by atoms with Crippen LogP contribution in [0.4, 0.5) is 10.8 Å². The molecule has 0 saturated heterocycles. The van der Waals surface area contributed by atoms with Crippen molar-refractivity contribution in [3.63, 3.8) is 0 Å². The first-order valence-electron chi connectivity index (χ1n) is 7.88. The van der Waals surface area contributed by atoms with E-state index < -0.39 is 0 Å². The van der Waals surface area contributed by atoms with Gasteiger partial charge in [0.1, 0.15) is 0 Å². The fourth-order valence-corrected chi connectivity index (χ4v) is 3.61. The van der Waals surface area contributed by atoms with Gasteiger partial charge in [0.05, 0.1) is 22.9 Å². The maximum atomic E-state index is 12.5. The predicted molar refractivity (Wildman–Crippen MR) is 107 cm³/mol. The van der Waals surface area contributed by atoms with Gasteiger partial charge in [0, 0.05) is 22.2 Å². The molecule has 3 rings (SSSR count). The minimum atomic E-state index is -0.268. The molecular formula is C19H14N4O2S2. The Morgan fingerprint density at radius 2 is 2.00 bits per heavy atom. The van der Waals surface area contributed by atoms with E-state index in [0.717, 1.165) is 0 Å². The first-order chi connectivity index (χ1) is 13.2. The van der Waals surface area contributed by atoms with E-state index in [1.54, 1.807) is 54.0 Å². The fourth-order valence-electron chi connectivity index (χ4n) is 2.24. The van der Waals surface area contributed by atoms with Gasteiger partial charge in [-0.05, 0) is 30.3 Å². The average molecular weight is 394 g/mol. The summed E-state index contributed by atoms with van der Waals surface area (Å²) in [5.74, 6) is -0.349. The Labute approximate surface area is 164 Å². The first kappa shape index (κ1) is 18.6. The Kier molecular flexibility index (Phi) is 6.20. The van der Waals surface area contributed by atoms with Crippen LogP contribution in [0, 0.1) is 11.3 Å². The van der Waals surface area contributed by atoms with Crippen LogP contribution in [0.15, 0.2) is 65.0 Å². The highest BCUT2D eigenvalue weighted by Gasteiger charge is 2.14. The summed E-state index contributed by atoms with van der Waals surface area (Å²) < 4.78 is 0. The lowest BCUT2D eigenvalue weighted by Gasteiger charge is -2.09. The van der Waals surface area contributed by atoms with E-state index in [9.17, 15) is 9.59 Å². The third-order valence-electron chi connectivity index (χ3n) is 3.42. The Balaban J connectivity index is 1.63. The number of aromatic nitrogens is 1. The molecule has 6 nitrogen and oxygen atoms in total. The van der Waals surface area contributed by atoms with E-state index in [2.05, 4.69) is 15.6 Å². The highest BCUT2D eigenvalue weighted by Crippen LogP contribution is 2.24. The summed E-state index contributed by atoms with van der Waals surface area (Å²) >= 11 is 2.61. The molecule has 0 saturated carbocycles. The van der Waals surface area contributed by atoms with Crippen LogP contribution in [0.5, 0.6) is 0 Å². The summed E-state index contributed by atoms with van der Waals surface area (Å²) in [4.78, 5) is 29.4. The lowest BCUT2D eigenvalue weighted by atomic mass is 10.2. The SMILES string of the molecule is N#Cc1cccc(NC(=O)CSc2ccccc2C(=O)Nc2nccs2)c1. The largest absolute Gasteiger partial charge is 0.325 e. The number of carbonyl (C=O) groups excluding carboxylic acids is 2. The molecule has 0 unspecified atom stereocenters. The van der Waals surface area contributed by atoms with Crippen LogP contribution in [-0.4, -0.2) is 22.6 Å². The number of carbonyl (C=O) groups is 2. The second-order valence-electron chi connectivity index (χ2n) is 5.32. The van der Waals surface area contributed by atoms with Gasteiger partial charge in [0.2, 0.25) is 5.91 Å². The molecule has 27 heavy (non-hydrogen) atoms. The molecule has 1 aromatic heterocycles. The normalized spacial score (nSPS) is 10.0. The van der Waals surface area contributed by atoms with Crippen molar-refractivity contribution in [2.45, 2.75) is 4.90 Å². The van der Waals surface area contributed by atoms with E-state index >= 15 is 0 Å². The van der Waals surface area contributed by atoms with Crippen LogP contribution in [0.1, 0.15) is 15.9 Å². The second-order valence-corrected chi connectivity index (χ2v) is 7.23. The van der Waals surface area contributed by atoms with Gasteiger partial charge in [0.15, 0.2) is 5.13 Å². The zero-order valence-electron chi connectivity index (χ0n) is 14.0. The molecule has 0 bridgehead atoms. The van der Waals surface area contributed by atoms with Gasteiger partial charge >= 0.3 is 0 Å². The van der Waals surface area contributed by atoms with Gasteiger partial charge in [-0.15, -0.1) is 23.1 Å². The number of benzene rings is 2. The molecule has 0 fully saturated rings. The van der Waals surface area contributed by atoms with Crippen LogP contribution in [-0.2, 0) is 4.79 Å². The topological polar surface area (TPSA) is 94.9 Å². The van der Waals surface area contributed by atoms with Crippen LogP contribution in [0.25, 0.3) is 0 Å². The molecule has 2 amide bonds. The third-order valence-corrected chi connectivity index (χ3v) is 5.18. The van der Waals surface area contributed by atoms with E-state index in [-0.39, 0.29) is 17.6 Å². The highest BCUT2D eigenvalue weighted by molar-refractivity contribution is 8.00. The number of thiazole rings is 1. The molecule has 0 radical (unpaired) electrons. The van der Waals surface area contributed by atoms with Gasteiger partial charge in [0.25, 0.3) is 5.91 Å². The third kappa shape index (κ3) is 5.17. The minimum Gasteiger partial charge on any atom is -0.325 e. The number of rotatable bonds is 6. The maximum absolute atomic E-state index is 12.5. The fraction of sp³-hybridized carbons (Fsp3) is 0.0526. The Bertz CT molecular complexity index is 997. The van der Waals surface area contributed by atoms with Crippen molar-refractivity contribution in [3.8, 4) is 6.07 Å². The van der Waals surface area contributed by atoms with E-state index in [4.69, 9.17) is 5.26 Å². The molecule has 0 aliphatic rings. The number of nitriles is 1. The molecule has 0 aliphatic heterocycles. The molecule has 0 spiro atoms. The van der Waals surface area contributed by atoms with Gasteiger partial charge in [-0.25, -0.2) is 4.98 Å². The van der Waals surface area contributed by atoms with Crippen molar-refractivity contribution in [3.05, 3.63) is 71.2 Å². The van der Waals surface area contributed by atoms with Crippen molar-refractivity contribution in [2.75, 3.05) is 16.4 Å². The summed E-state index contributed by atoms with van der Waals surface area (Å²) in [6, 6.07) is 15.8. The summed E-state index contributed by atoms with van der Waals surface area (Å²) in [7, 11) is 0. The van der Waals surface area contributed by atoms with Crippen molar-refractivity contribution in [2.24, 2.45) is 0 Å².